The van der Waals surface area contributed by atoms with Gasteiger partial charge in [0.25, 0.3) is 0 Å². The van der Waals surface area contributed by atoms with Crippen molar-refractivity contribution in [3.05, 3.63) is 28.8 Å². The Labute approximate surface area is 171 Å². The zero-order valence-electron chi connectivity index (χ0n) is 17.4. The van der Waals surface area contributed by atoms with Gasteiger partial charge in [-0.3, -0.25) is 10.6 Å². The van der Waals surface area contributed by atoms with E-state index in [4.69, 9.17) is 4.74 Å². The molecule has 1 saturated heterocycles. The molecule has 3 heterocycles. The standard InChI is InChI=1S/C21H31F2N5O/c1-12-11-15(24-2)26-21(25-12)27-19-17(22)14-7-10-29-20(14)16(18(19)23)13-5-4-8-28(3)9-6-13/h6,12,15,21,24-27H,4-5,7-11H2,1-3H3. The number of likely N-dealkylation sites (N-methyl/N-ethyl adjacent to an activating group) is 1. The van der Waals surface area contributed by atoms with E-state index < -0.39 is 17.9 Å². The first-order valence-corrected chi connectivity index (χ1v) is 10.5. The van der Waals surface area contributed by atoms with Crippen LogP contribution in [0.2, 0.25) is 0 Å². The zero-order chi connectivity index (χ0) is 20.5. The lowest BCUT2D eigenvalue weighted by atomic mass is 9.95. The van der Waals surface area contributed by atoms with E-state index in [0.29, 0.717) is 29.9 Å². The molecule has 0 bridgehead atoms. The molecule has 29 heavy (non-hydrogen) atoms. The number of nitrogens with one attached hydrogen (secondary N) is 4. The molecule has 1 fully saturated rings. The van der Waals surface area contributed by atoms with Gasteiger partial charge in [0.05, 0.1) is 18.3 Å². The fraction of sp³-hybridized carbons (Fsp3) is 0.619. The summed E-state index contributed by atoms with van der Waals surface area (Å²) < 4.78 is 36.7. The molecule has 8 heteroatoms. The molecule has 4 N–H and O–H groups in total. The quantitative estimate of drug-likeness (QED) is 0.614. The van der Waals surface area contributed by atoms with E-state index in [1.165, 1.54) is 0 Å². The molecule has 3 aliphatic rings. The minimum Gasteiger partial charge on any atom is -0.492 e. The normalized spacial score (nSPS) is 27.8. The number of rotatable bonds is 4. The van der Waals surface area contributed by atoms with Crippen molar-refractivity contribution in [2.45, 2.75) is 51.1 Å². The minimum atomic E-state index is -0.568. The Morgan fingerprint density at radius 2 is 2.03 bits per heavy atom. The van der Waals surface area contributed by atoms with Crippen molar-refractivity contribution < 1.29 is 13.5 Å². The van der Waals surface area contributed by atoms with Crippen LogP contribution in [0.3, 0.4) is 0 Å². The monoisotopic (exact) mass is 407 g/mol. The van der Waals surface area contributed by atoms with Gasteiger partial charge in [-0.05, 0) is 52.4 Å². The molecule has 0 aliphatic carbocycles. The van der Waals surface area contributed by atoms with E-state index in [1.807, 2.05) is 20.2 Å². The van der Waals surface area contributed by atoms with Crippen LogP contribution in [0.15, 0.2) is 6.08 Å². The third-order valence-electron chi connectivity index (χ3n) is 6.02. The van der Waals surface area contributed by atoms with E-state index in [2.05, 4.69) is 33.1 Å². The molecular weight excluding hydrogens is 376 g/mol. The summed E-state index contributed by atoms with van der Waals surface area (Å²) in [6, 6.07) is 0.203. The number of anilines is 1. The Hall–Kier alpha value is -1.74. The number of fused-ring (bicyclic) bond motifs is 1. The predicted octanol–water partition coefficient (Wildman–Crippen LogP) is 2.22. The fourth-order valence-electron chi connectivity index (χ4n) is 4.45. The number of allylic oxidation sites excluding steroid dienone is 1. The maximum Gasteiger partial charge on any atom is 0.160 e. The zero-order valence-corrected chi connectivity index (χ0v) is 17.4. The highest BCUT2D eigenvalue weighted by Gasteiger charge is 2.33. The maximum atomic E-state index is 15.7. The Morgan fingerprint density at radius 3 is 2.83 bits per heavy atom. The summed E-state index contributed by atoms with van der Waals surface area (Å²) in [6.07, 6.45) is 4.69. The SMILES string of the molecule is CNC1CC(C)NC(Nc2c(F)c3c(c(C4=CCN(C)CCC4)c2F)OCC3)N1. The minimum absolute atomic E-state index is 0.0622. The van der Waals surface area contributed by atoms with Gasteiger partial charge in [0, 0.05) is 24.6 Å². The van der Waals surface area contributed by atoms with Crippen LogP contribution in [0.4, 0.5) is 14.5 Å². The topological polar surface area (TPSA) is 60.6 Å². The van der Waals surface area contributed by atoms with Crippen LogP contribution in [0, 0.1) is 11.6 Å². The predicted molar refractivity (Wildman–Crippen MR) is 111 cm³/mol. The highest BCUT2D eigenvalue weighted by atomic mass is 19.1. The molecule has 0 spiro atoms. The first kappa shape index (κ1) is 20.5. The first-order chi connectivity index (χ1) is 14.0. The van der Waals surface area contributed by atoms with E-state index in [-0.39, 0.29) is 17.9 Å². The second-order valence-corrected chi connectivity index (χ2v) is 8.27. The van der Waals surface area contributed by atoms with E-state index in [9.17, 15) is 0 Å². The van der Waals surface area contributed by atoms with Crippen molar-refractivity contribution in [3.8, 4) is 5.75 Å². The summed E-state index contributed by atoms with van der Waals surface area (Å²) in [7, 11) is 3.92. The Morgan fingerprint density at radius 1 is 1.21 bits per heavy atom. The number of ether oxygens (including phenoxy) is 1. The largest absolute Gasteiger partial charge is 0.492 e. The van der Waals surface area contributed by atoms with Crippen LogP contribution in [-0.2, 0) is 6.42 Å². The van der Waals surface area contributed by atoms with Crippen molar-refractivity contribution in [2.24, 2.45) is 0 Å². The van der Waals surface area contributed by atoms with Gasteiger partial charge in [-0.25, -0.2) is 8.78 Å². The van der Waals surface area contributed by atoms with Gasteiger partial charge in [-0.1, -0.05) is 6.08 Å². The Balaban J connectivity index is 1.71. The Bertz CT molecular complexity index is 800. The van der Waals surface area contributed by atoms with Crippen molar-refractivity contribution in [3.63, 3.8) is 0 Å². The van der Waals surface area contributed by atoms with Gasteiger partial charge >= 0.3 is 0 Å². The lowest BCUT2D eigenvalue weighted by Crippen LogP contribution is -2.64. The van der Waals surface area contributed by atoms with E-state index >= 15 is 8.78 Å². The summed E-state index contributed by atoms with van der Waals surface area (Å²) in [5.41, 5.74) is 1.71. The van der Waals surface area contributed by atoms with Gasteiger partial charge in [0.15, 0.2) is 11.6 Å². The molecule has 3 aliphatic heterocycles. The summed E-state index contributed by atoms with van der Waals surface area (Å²) in [5, 5.41) is 12.8. The number of hydrogen-bond donors (Lipinski definition) is 4. The number of halogens is 2. The lowest BCUT2D eigenvalue weighted by molar-refractivity contribution is 0.248. The third kappa shape index (κ3) is 4.12. The molecule has 0 amide bonds. The number of benzene rings is 1. The van der Waals surface area contributed by atoms with Crippen LogP contribution >= 0.6 is 0 Å². The van der Waals surface area contributed by atoms with Gasteiger partial charge in [0.1, 0.15) is 17.7 Å². The molecule has 3 atom stereocenters. The Kier molecular flexibility index (Phi) is 6.06. The summed E-state index contributed by atoms with van der Waals surface area (Å²) in [4.78, 5) is 2.20. The second-order valence-electron chi connectivity index (χ2n) is 8.27. The van der Waals surface area contributed by atoms with Crippen LogP contribution in [0.1, 0.15) is 37.3 Å². The number of hydrogen-bond acceptors (Lipinski definition) is 6. The van der Waals surface area contributed by atoms with Gasteiger partial charge in [0.2, 0.25) is 0 Å². The van der Waals surface area contributed by atoms with Crippen molar-refractivity contribution in [1.29, 1.82) is 0 Å². The van der Waals surface area contributed by atoms with Crippen LogP contribution in [0.5, 0.6) is 5.75 Å². The molecule has 0 saturated carbocycles. The molecule has 6 nitrogen and oxygen atoms in total. The highest BCUT2D eigenvalue weighted by molar-refractivity contribution is 5.77. The average molecular weight is 408 g/mol. The summed E-state index contributed by atoms with van der Waals surface area (Å²) in [5.74, 6) is -0.734. The molecule has 160 valence electrons. The second kappa shape index (κ2) is 8.55. The molecule has 4 rings (SSSR count). The van der Waals surface area contributed by atoms with Gasteiger partial charge in [-0.15, -0.1) is 0 Å². The van der Waals surface area contributed by atoms with E-state index in [1.54, 1.807) is 0 Å². The van der Waals surface area contributed by atoms with Gasteiger partial charge < -0.3 is 20.3 Å². The van der Waals surface area contributed by atoms with Crippen LogP contribution < -0.4 is 26.0 Å². The van der Waals surface area contributed by atoms with Crippen molar-refractivity contribution in [2.75, 3.05) is 39.1 Å². The molecular formula is C21H31F2N5O. The maximum absolute atomic E-state index is 15.7. The highest BCUT2D eigenvalue weighted by Crippen LogP contribution is 2.43. The van der Waals surface area contributed by atoms with Crippen LogP contribution in [-0.4, -0.2) is 57.2 Å². The fourth-order valence-corrected chi connectivity index (χ4v) is 4.45. The van der Waals surface area contributed by atoms with Crippen LogP contribution in [0.25, 0.3) is 5.57 Å². The molecule has 0 radical (unpaired) electrons. The third-order valence-corrected chi connectivity index (χ3v) is 6.02. The summed E-state index contributed by atoms with van der Waals surface area (Å²) in [6.45, 7) is 4.14. The number of nitrogens with zero attached hydrogens (tertiary/aromatic N) is 1. The van der Waals surface area contributed by atoms with E-state index in [0.717, 1.165) is 37.9 Å². The molecule has 0 aromatic heterocycles. The van der Waals surface area contributed by atoms with Crippen molar-refractivity contribution >= 4 is 11.3 Å². The molecule has 1 aromatic carbocycles. The molecule has 1 aromatic rings. The van der Waals surface area contributed by atoms with Gasteiger partial charge in [-0.2, -0.15) is 0 Å². The lowest BCUT2D eigenvalue weighted by Gasteiger charge is -2.37. The smallest absolute Gasteiger partial charge is 0.160 e. The van der Waals surface area contributed by atoms with Crippen molar-refractivity contribution in [1.82, 2.24) is 20.9 Å². The average Bonchev–Trinajstić information content (AvgIpc) is 3.08. The first-order valence-electron chi connectivity index (χ1n) is 10.5. The summed E-state index contributed by atoms with van der Waals surface area (Å²) >= 11 is 0. The molecule has 3 unspecified atom stereocenters.